The van der Waals surface area contributed by atoms with Gasteiger partial charge in [-0.2, -0.15) is 0 Å². The van der Waals surface area contributed by atoms with Gasteiger partial charge in [-0.25, -0.2) is 9.97 Å². The number of halogens is 1. The minimum atomic E-state index is -0.324. The van der Waals surface area contributed by atoms with E-state index in [0.29, 0.717) is 47.2 Å². The summed E-state index contributed by atoms with van der Waals surface area (Å²) in [6, 6.07) is 6.22. The molecule has 10 nitrogen and oxygen atoms in total. The van der Waals surface area contributed by atoms with Crippen molar-refractivity contribution in [2.75, 3.05) is 25.6 Å². The second-order valence-electron chi connectivity index (χ2n) is 16.2. The van der Waals surface area contributed by atoms with Crippen molar-refractivity contribution in [2.45, 2.75) is 143 Å². The quantitative estimate of drug-likeness (QED) is 0.0661. The summed E-state index contributed by atoms with van der Waals surface area (Å²) in [6.45, 7) is 15.8. The summed E-state index contributed by atoms with van der Waals surface area (Å²) < 4.78 is 11.7. The average molecular weight is 857 g/mol. The first-order valence-electron chi connectivity index (χ1n) is 21.6. The fourth-order valence-electron chi connectivity index (χ4n) is 8.99. The van der Waals surface area contributed by atoms with Crippen LogP contribution in [0.3, 0.4) is 0 Å². The Balaban J connectivity index is 1.64. The molecule has 58 heavy (non-hydrogen) atoms. The number of nitrogens with zero attached hydrogens (tertiary/aromatic N) is 3. The summed E-state index contributed by atoms with van der Waals surface area (Å²) in [5, 5.41) is 0.616. The number of carbonyl (C=O) groups is 3. The fourth-order valence-corrected chi connectivity index (χ4v) is 9.50. The van der Waals surface area contributed by atoms with Crippen LogP contribution in [-0.2, 0) is 14.3 Å². The number of allylic oxidation sites excluding steroid dienone is 3. The molecule has 0 fully saturated rings. The van der Waals surface area contributed by atoms with E-state index in [2.05, 4.69) is 79.6 Å². The second-order valence-corrected chi connectivity index (χ2v) is 16.9. The standard InChI is InChI=1S/C47H62BrN5O5/c1-9-12-14-16-18-22-58-39(26-48)41-29(6)35-23-34-28(5)32(19-20-40(54)57-8)44(51-34)43-45-42(46(55)53(47(43)56)21-17-15-13-10-2)30(7)36(52-45)24-37-31(11-3)27(4)33(49-37)25-38(41)50-35/h23-25,28,32,39,51-52H,9-22,26H2,1-8H3/t28-,32-,39?/m0/s1. The molecule has 1 unspecified atom stereocenters. The molecule has 11 heteroatoms. The molecule has 4 aliphatic rings. The van der Waals surface area contributed by atoms with E-state index in [1.807, 2.05) is 13.0 Å². The summed E-state index contributed by atoms with van der Waals surface area (Å²) in [5.74, 6) is -1.26. The summed E-state index contributed by atoms with van der Waals surface area (Å²) in [7, 11) is 1.40. The number of imide groups is 1. The molecule has 0 spiro atoms. The van der Waals surface area contributed by atoms with Crippen LogP contribution in [0.5, 0.6) is 0 Å². The van der Waals surface area contributed by atoms with Gasteiger partial charge < -0.3 is 19.4 Å². The lowest BCUT2D eigenvalue weighted by atomic mass is 9.84. The molecule has 0 saturated heterocycles. The number of amides is 2. The molecule has 2 amide bonds. The van der Waals surface area contributed by atoms with Crippen molar-refractivity contribution in [2.24, 2.45) is 0 Å². The predicted octanol–water partition coefficient (Wildman–Crippen LogP) is 11.4. The van der Waals surface area contributed by atoms with Crippen LogP contribution >= 0.6 is 15.9 Å². The van der Waals surface area contributed by atoms with E-state index in [1.54, 1.807) is 0 Å². The number of aryl methyl sites for hydroxylation is 1. The van der Waals surface area contributed by atoms with Crippen LogP contribution in [-0.4, -0.2) is 74.3 Å². The van der Waals surface area contributed by atoms with E-state index in [-0.39, 0.29) is 42.1 Å². The van der Waals surface area contributed by atoms with Gasteiger partial charge in [-0.3, -0.25) is 19.3 Å². The van der Waals surface area contributed by atoms with Gasteiger partial charge in [0.1, 0.15) is 0 Å². The number of unbranched alkanes of at least 4 members (excludes halogenated alkanes) is 7. The molecule has 8 bridgehead atoms. The Morgan fingerprint density at radius 3 is 2.21 bits per heavy atom. The third kappa shape index (κ3) is 8.62. The van der Waals surface area contributed by atoms with Gasteiger partial charge in [-0.05, 0) is 86.9 Å². The Hall–Kier alpha value is -4.09. The number of ether oxygens (including phenoxy) is 2. The van der Waals surface area contributed by atoms with Crippen molar-refractivity contribution < 1.29 is 23.9 Å². The first-order valence-corrected chi connectivity index (χ1v) is 22.7. The summed E-state index contributed by atoms with van der Waals surface area (Å²) in [5.41, 5.74) is 12.2. The number of fused-ring (bicyclic) bond motifs is 8. The largest absolute Gasteiger partial charge is 0.469 e. The minimum absolute atomic E-state index is 0.108. The van der Waals surface area contributed by atoms with Crippen molar-refractivity contribution in [1.29, 1.82) is 0 Å². The number of methoxy groups -OCH3 is 1. The van der Waals surface area contributed by atoms with Gasteiger partial charge in [0.2, 0.25) is 0 Å². The third-order valence-corrected chi connectivity index (χ3v) is 13.1. The molecule has 6 rings (SSSR count). The molecule has 2 N–H and O–H groups in total. The van der Waals surface area contributed by atoms with E-state index in [9.17, 15) is 14.4 Å². The number of hydrogen-bond donors (Lipinski definition) is 2. The molecule has 0 saturated carbocycles. The maximum absolute atomic E-state index is 14.8. The van der Waals surface area contributed by atoms with Gasteiger partial charge >= 0.3 is 5.97 Å². The van der Waals surface area contributed by atoms with Gasteiger partial charge in [0.15, 0.2) is 0 Å². The number of aromatic amines is 2. The molecule has 4 aliphatic heterocycles. The molecule has 0 aromatic carbocycles. The lowest BCUT2D eigenvalue weighted by Gasteiger charge is -2.27. The fraction of sp³-hybridized carbons (Fsp3) is 0.553. The van der Waals surface area contributed by atoms with Gasteiger partial charge in [0.05, 0.1) is 52.6 Å². The highest BCUT2D eigenvalue weighted by molar-refractivity contribution is 9.09. The number of esters is 1. The van der Waals surface area contributed by atoms with E-state index in [1.165, 1.54) is 31.3 Å². The SMILES string of the molecule is CCCCCCCOC(CBr)C1=C(C)c2cc3[nH]c(c4c5[nH]c(cc6nc(cc1n2)C(C)=C6CC)c(C)c5C(=O)N(CCCCCC)C4=O)[C@@H](CCC(=O)OC)[C@@H]3C. The Kier molecular flexibility index (Phi) is 14.5. The van der Waals surface area contributed by atoms with Crippen molar-refractivity contribution in [3.63, 3.8) is 0 Å². The topological polar surface area (TPSA) is 130 Å². The molecule has 2 aromatic heterocycles. The molecule has 0 radical (unpaired) electrons. The monoisotopic (exact) mass is 855 g/mol. The molecule has 3 atom stereocenters. The van der Waals surface area contributed by atoms with Crippen LogP contribution in [0.1, 0.15) is 191 Å². The van der Waals surface area contributed by atoms with Crippen molar-refractivity contribution in [3.8, 4) is 0 Å². The Morgan fingerprint density at radius 2 is 1.52 bits per heavy atom. The average Bonchev–Trinajstić information content (AvgIpc) is 3.89. The normalized spacial score (nSPS) is 17.7. The van der Waals surface area contributed by atoms with Crippen molar-refractivity contribution in [1.82, 2.24) is 24.8 Å². The Morgan fingerprint density at radius 1 is 0.845 bits per heavy atom. The summed E-state index contributed by atoms with van der Waals surface area (Å²) in [4.78, 5) is 61.1. The number of rotatable bonds is 18. The second kappa shape index (κ2) is 19.3. The minimum Gasteiger partial charge on any atom is -0.469 e. The molecule has 6 heterocycles. The number of H-pyrrole nitrogens is 2. The smallest absolute Gasteiger partial charge is 0.305 e. The predicted molar refractivity (Wildman–Crippen MR) is 237 cm³/mol. The number of nitrogens with one attached hydrogen (secondary N) is 2. The van der Waals surface area contributed by atoms with Gasteiger partial charge in [-0.15, -0.1) is 0 Å². The van der Waals surface area contributed by atoms with Crippen LogP contribution in [0.25, 0.3) is 33.3 Å². The Labute approximate surface area is 352 Å². The van der Waals surface area contributed by atoms with Gasteiger partial charge in [-0.1, -0.05) is 88.6 Å². The first-order chi connectivity index (χ1) is 28.0. The zero-order valence-electron chi connectivity index (χ0n) is 35.8. The molecule has 312 valence electrons. The number of hydrogen-bond acceptors (Lipinski definition) is 7. The van der Waals surface area contributed by atoms with Crippen LogP contribution in [0.2, 0.25) is 0 Å². The van der Waals surface area contributed by atoms with E-state index >= 15 is 0 Å². The lowest BCUT2D eigenvalue weighted by molar-refractivity contribution is -0.140. The highest BCUT2D eigenvalue weighted by Crippen LogP contribution is 2.45. The van der Waals surface area contributed by atoms with Crippen LogP contribution < -0.4 is 0 Å². The molecule has 2 aromatic rings. The van der Waals surface area contributed by atoms with Crippen molar-refractivity contribution >= 4 is 67.0 Å². The highest BCUT2D eigenvalue weighted by Gasteiger charge is 2.40. The zero-order chi connectivity index (χ0) is 41.7. The first kappa shape index (κ1) is 43.5. The zero-order valence-corrected chi connectivity index (χ0v) is 37.4. The number of carbonyl (C=O) groups excluding carboxylic acids is 3. The third-order valence-electron chi connectivity index (χ3n) is 12.5. The van der Waals surface area contributed by atoms with E-state index in [0.717, 1.165) is 107 Å². The van der Waals surface area contributed by atoms with E-state index in [4.69, 9.17) is 19.4 Å². The molecular weight excluding hydrogens is 794 g/mol. The van der Waals surface area contributed by atoms with Gasteiger partial charge in [0, 0.05) is 59.2 Å². The molecular formula is C47H62BrN5O5. The lowest BCUT2D eigenvalue weighted by Crippen LogP contribution is -2.41. The van der Waals surface area contributed by atoms with Crippen molar-refractivity contribution in [3.05, 3.63) is 69.1 Å². The Bertz CT molecular complexity index is 2180. The van der Waals surface area contributed by atoms with Gasteiger partial charge in [0.25, 0.3) is 11.8 Å². The highest BCUT2D eigenvalue weighted by atomic mass is 79.9. The van der Waals surface area contributed by atoms with Crippen LogP contribution in [0, 0.1) is 6.92 Å². The maximum atomic E-state index is 14.8. The number of aromatic nitrogens is 4. The summed E-state index contributed by atoms with van der Waals surface area (Å²) in [6.07, 6.45) is 10.7. The van der Waals surface area contributed by atoms with E-state index < -0.39 is 0 Å². The van der Waals surface area contributed by atoms with Crippen LogP contribution in [0.15, 0.2) is 18.2 Å². The molecule has 0 aliphatic carbocycles. The number of alkyl halides is 1. The van der Waals surface area contributed by atoms with Crippen LogP contribution in [0.4, 0.5) is 0 Å². The maximum Gasteiger partial charge on any atom is 0.305 e. The summed E-state index contributed by atoms with van der Waals surface area (Å²) >= 11 is 3.79.